The molecule has 1 atom stereocenters. The molecule has 37 heavy (non-hydrogen) atoms. The predicted octanol–water partition coefficient (Wildman–Crippen LogP) is 2.00. The van der Waals surface area contributed by atoms with Crippen molar-refractivity contribution in [1.82, 2.24) is 25.2 Å². The lowest BCUT2D eigenvalue weighted by atomic mass is 10.1. The molecule has 0 bridgehead atoms. The van der Waals surface area contributed by atoms with E-state index >= 15 is 0 Å². The highest BCUT2D eigenvalue weighted by Crippen LogP contribution is 2.46. The molecule has 2 aliphatic carbocycles. The maximum Gasteiger partial charge on any atom is 0.255 e. The van der Waals surface area contributed by atoms with Crippen LogP contribution >= 0.6 is 0 Å². The number of H-pyrrole nitrogens is 1. The topological polar surface area (TPSA) is 139 Å². The van der Waals surface area contributed by atoms with Gasteiger partial charge < -0.3 is 34.5 Å². The monoisotopic (exact) mass is 505 g/mol. The maximum atomic E-state index is 13.2. The smallest absolute Gasteiger partial charge is 0.255 e. The lowest BCUT2D eigenvalue weighted by molar-refractivity contribution is -0.141. The van der Waals surface area contributed by atoms with Crippen molar-refractivity contribution in [3.8, 4) is 28.6 Å². The first-order valence-corrected chi connectivity index (χ1v) is 12.7. The minimum atomic E-state index is -1.20. The van der Waals surface area contributed by atoms with Gasteiger partial charge in [0, 0.05) is 25.3 Å². The van der Waals surface area contributed by atoms with Crippen molar-refractivity contribution in [2.24, 2.45) is 5.92 Å². The van der Waals surface area contributed by atoms with Gasteiger partial charge in [-0.2, -0.15) is 0 Å². The van der Waals surface area contributed by atoms with Gasteiger partial charge in [0.1, 0.15) is 22.4 Å². The Hall–Kier alpha value is -3.86. The summed E-state index contributed by atoms with van der Waals surface area (Å²) in [5.74, 6) is 2.16. The van der Waals surface area contributed by atoms with E-state index in [0.29, 0.717) is 90.1 Å². The zero-order chi connectivity index (χ0) is 25.1. The van der Waals surface area contributed by atoms with Gasteiger partial charge in [-0.25, -0.2) is 9.97 Å². The molecule has 4 heterocycles. The number of carbonyl (C=O) groups excluding carboxylic acids is 2. The number of aliphatic hydroxyl groups is 1. The molecule has 1 aromatic carbocycles. The summed E-state index contributed by atoms with van der Waals surface area (Å²) in [6.07, 6.45) is 7.22. The molecule has 3 fully saturated rings. The van der Waals surface area contributed by atoms with Gasteiger partial charge >= 0.3 is 0 Å². The van der Waals surface area contributed by atoms with Crippen molar-refractivity contribution in [2.45, 2.75) is 43.7 Å². The number of fused-ring (bicyclic) bond motifs is 2. The average Bonchev–Trinajstić information content (AvgIpc) is 3.68. The Morgan fingerprint density at radius 1 is 1.24 bits per heavy atom. The quantitative estimate of drug-likeness (QED) is 0.443. The Morgan fingerprint density at radius 3 is 2.92 bits per heavy atom. The average molecular weight is 506 g/mol. The van der Waals surface area contributed by atoms with Crippen LogP contribution in [0.3, 0.4) is 0 Å². The van der Waals surface area contributed by atoms with Gasteiger partial charge in [0.2, 0.25) is 6.79 Å². The molecule has 7 rings (SSSR count). The van der Waals surface area contributed by atoms with E-state index in [0.717, 1.165) is 12.8 Å². The summed E-state index contributed by atoms with van der Waals surface area (Å²) in [5, 5.41) is 13.2. The predicted molar refractivity (Wildman–Crippen MR) is 130 cm³/mol. The molecule has 4 aliphatic rings. The summed E-state index contributed by atoms with van der Waals surface area (Å²) in [6, 6.07) is 3.46. The van der Waals surface area contributed by atoms with E-state index in [1.807, 2.05) is 12.1 Å². The van der Waals surface area contributed by atoms with Crippen LogP contribution < -0.4 is 19.5 Å². The Kier molecular flexibility index (Phi) is 5.04. The fraction of sp³-hybridized carbons (Fsp3) is 0.462. The zero-order valence-electron chi connectivity index (χ0n) is 20.2. The number of carbonyl (C=O) groups is 2. The van der Waals surface area contributed by atoms with Crippen LogP contribution in [0.25, 0.3) is 22.4 Å². The summed E-state index contributed by atoms with van der Waals surface area (Å²) in [7, 11) is 0. The highest BCUT2D eigenvalue weighted by molar-refractivity contribution is 6.05. The molecule has 2 saturated carbocycles. The number of likely N-dealkylation sites (tertiary alicyclic amines) is 1. The number of nitrogens with one attached hydrogen (secondary N) is 2. The standard InChI is InChI=1S/C26H27N5O6/c32-24(29-15-5-8-31(11-15)25(33)26(34)6-7-26)16-9-27-17-10-28-23(30-21(16)17)20-18(35-12-14-1-2-14)3-4-19-22(20)37-13-36-19/h3-4,9-10,14-15,27,34H,1-2,5-8,11-13H2,(H,29,32)/t15-/m0/s1. The minimum Gasteiger partial charge on any atom is -0.492 e. The Labute approximate surface area is 212 Å². The number of aromatic amines is 1. The van der Waals surface area contributed by atoms with Gasteiger partial charge in [0.15, 0.2) is 17.3 Å². The second-order valence-corrected chi connectivity index (χ2v) is 10.3. The van der Waals surface area contributed by atoms with Gasteiger partial charge in [-0.3, -0.25) is 9.59 Å². The highest BCUT2D eigenvalue weighted by Gasteiger charge is 2.51. The van der Waals surface area contributed by atoms with E-state index in [-0.39, 0.29) is 24.6 Å². The minimum absolute atomic E-state index is 0.104. The Bertz CT molecular complexity index is 1410. The normalized spacial score (nSPS) is 21.3. The SMILES string of the molecule is O=C(N[C@H]1CCN(C(=O)C2(O)CC2)C1)c1c[nH]c2cnc(-c3c(OCC4CC4)ccc4c3OCO4)nc12. The van der Waals surface area contributed by atoms with Crippen LogP contribution in [0.5, 0.6) is 17.2 Å². The molecule has 0 radical (unpaired) electrons. The number of amides is 2. The molecule has 0 spiro atoms. The van der Waals surface area contributed by atoms with Crippen molar-refractivity contribution >= 4 is 22.8 Å². The van der Waals surface area contributed by atoms with Crippen LogP contribution in [-0.2, 0) is 4.79 Å². The second-order valence-electron chi connectivity index (χ2n) is 10.3. The van der Waals surface area contributed by atoms with Crippen molar-refractivity contribution < 1.29 is 28.9 Å². The van der Waals surface area contributed by atoms with Crippen molar-refractivity contribution in [3.05, 3.63) is 30.1 Å². The fourth-order valence-corrected chi connectivity index (χ4v) is 4.94. The molecular weight excluding hydrogens is 478 g/mol. The summed E-state index contributed by atoms with van der Waals surface area (Å²) in [4.78, 5) is 39.7. The number of benzene rings is 1. The number of ether oxygens (including phenoxy) is 3. The lowest BCUT2D eigenvalue weighted by Crippen LogP contribution is -2.42. The molecule has 3 N–H and O–H groups in total. The van der Waals surface area contributed by atoms with Crippen LogP contribution in [0.15, 0.2) is 24.5 Å². The fourth-order valence-electron chi connectivity index (χ4n) is 4.94. The number of hydrogen-bond acceptors (Lipinski definition) is 8. The second kappa shape index (κ2) is 8.34. The van der Waals surface area contributed by atoms with Crippen molar-refractivity contribution in [2.75, 3.05) is 26.5 Å². The summed E-state index contributed by atoms with van der Waals surface area (Å²) in [5.41, 5.74) is 0.891. The zero-order valence-corrected chi connectivity index (χ0v) is 20.2. The van der Waals surface area contributed by atoms with Gasteiger partial charge in [-0.15, -0.1) is 0 Å². The lowest BCUT2D eigenvalue weighted by Gasteiger charge is -2.20. The van der Waals surface area contributed by atoms with E-state index in [1.54, 1.807) is 17.3 Å². The molecule has 11 heteroatoms. The van der Waals surface area contributed by atoms with E-state index < -0.39 is 5.60 Å². The van der Waals surface area contributed by atoms with E-state index in [1.165, 1.54) is 0 Å². The number of hydrogen-bond donors (Lipinski definition) is 3. The third kappa shape index (κ3) is 4.03. The molecule has 1 saturated heterocycles. The third-order valence-corrected chi connectivity index (χ3v) is 7.49. The van der Waals surface area contributed by atoms with E-state index in [2.05, 4.69) is 15.3 Å². The summed E-state index contributed by atoms with van der Waals surface area (Å²) >= 11 is 0. The summed E-state index contributed by atoms with van der Waals surface area (Å²) < 4.78 is 17.4. The first-order valence-electron chi connectivity index (χ1n) is 12.7. The number of nitrogens with zero attached hydrogens (tertiary/aromatic N) is 3. The molecule has 3 aromatic rings. The van der Waals surface area contributed by atoms with Crippen LogP contribution in [0.1, 0.15) is 42.5 Å². The van der Waals surface area contributed by atoms with Gasteiger partial charge in [-0.05, 0) is 50.2 Å². The van der Waals surface area contributed by atoms with Crippen LogP contribution in [-0.4, -0.2) is 74.9 Å². The number of aromatic nitrogens is 3. The maximum absolute atomic E-state index is 13.2. The van der Waals surface area contributed by atoms with Gasteiger partial charge in [0.25, 0.3) is 11.8 Å². The molecule has 192 valence electrons. The van der Waals surface area contributed by atoms with Crippen LogP contribution in [0.2, 0.25) is 0 Å². The number of rotatable bonds is 7. The Balaban J connectivity index is 1.15. The first kappa shape index (κ1) is 22.3. The molecule has 11 nitrogen and oxygen atoms in total. The molecule has 2 aromatic heterocycles. The van der Waals surface area contributed by atoms with E-state index in [9.17, 15) is 14.7 Å². The van der Waals surface area contributed by atoms with Gasteiger partial charge in [-0.1, -0.05) is 0 Å². The first-order chi connectivity index (χ1) is 18.0. The molecule has 2 aliphatic heterocycles. The summed E-state index contributed by atoms with van der Waals surface area (Å²) in [6.45, 7) is 1.61. The Morgan fingerprint density at radius 2 is 2.11 bits per heavy atom. The highest BCUT2D eigenvalue weighted by atomic mass is 16.7. The van der Waals surface area contributed by atoms with Crippen molar-refractivity contribution in [3.63, 3.8) is 0 Å². The largest absolute Gasteiger partial charge is 0.492 e. The molecule has 2 amide bonds. The third-order valence-electron chi connectivity index (χ3n) is 7.49. The van der Waals surface area contributed by atoms with Gasteiger partial charge in [0.05, 0.1) is 23.9 Å². The van der Waals surface area contributed by atoms with Crippen molar-refractivity contribution in [1.29, 1.82) is 0 Å². The molecular formula is C26H27N5O6. The van der Waals surface area contributed by atoms with E-state index in [4.69, 9.17) is 19.2 Å². The van der Waals surface area contributed by atoms with Crippen LogP contribution in [0.4, 0.5) is 0 Å². The van der Waals surface area contributed by atoms with Crippen LogP contribution in [0, 0.1) is 5.92 Å². The molecule has 0 unspecified atom stereocenters.